The van der Waals surface area contributed by atoms with Crippen LogP contribution in [-0.4, -0.2) is 30.3 Å². The molecule has 0 aromatic heterocycles. The van der Waals surface area contributed by atoms with Crippen molar-refractivity contribution in [3.8, 4) is 0 Å². The maximum absolute atomic E-state index is 12.8. The summed E-state index contributed by atoms with van der Waals surface area (Å²) in [6.07, 6.45) is 2.39. The Bertz CT molecular complexity index is 433. The molecule has 98 valence electrons. The molecule has 2 bridgehead atoms. The zero-order valence-corrected chi connectivity index (χ0v) is 9.58. The van der Waals surface area contributed by atoms with E-state index in [2.05, 4.69) is 4.74 Å². The van der Waals surface area contributed by atoms with Gasteiger partial charge in [0, 0.05) is 0 Å². The number of esters is 1. The fourth-order valence-electron chi connectivity index (χ4n) is 2.64. The lowest BCUT2D eigenvalue weighted by Gasteiger charge is -2.25. The quantitative estimate of drug-likeness (QED) is 0.560. The van der Waals surface area contributed by atoms with E-state index in [1.807, 2.05) is 0 Å². The van der Waals surface area contributed by atoms with Gasteiger partial charge in [-0.1, -0.05) is 0 Å². The molecule has 2 rings (SSSR count). The molecule has 0 spiro atoms. The summed E-state index contributed by atoms with van der Waals surface area (Å²) in [6, 6.07) is 0. The van der Waals surface area contributed by atoms with Gasteiger partial charge in [0.1, 0.15) is 6.10 Å². The molecule has 3 unspecified atom stereocenters. The molecule has 0 aromatic rings. The van der Waals surface area contributed by atoms with Gasteiger partial charge in [0.15, 0.2) is 10.1 Å². The zero-order chi connectivity index (χ0) is 12.8. The minimum atomic E-state index is -6.01. The maximum atomic E-state index is 12.8. The first kappa shape index (κ1) is 12.7. The SMILES string of the molecule is O=C(OC1CC2CCC1C2)C(F)(F)S(=O)(=O)[O-]. The molecule has 8 heteroatoms. The average molecular weight is 269 g/mol. The highest BCUT2D eigenvalue weighted by molar-refractivity contribution is 7.87. The highest BCUT2D eigenvalue weighted by Crippen LogP contribution is 2.46. The molecule has 0 amide bonds. The Labute approximate surface area is 96.9 Å². The van der Waals surface area contributed by atoms with Crippen molar-refractivity contribution in [1.29, 1.82) is 0 Å². The first-order chi connectivity index (χ1) is 7.72. The molecular weight excluding hydrogens is 258 g/mol. The van der Waals surface area contributed by atoms with E-state index in [1.165, 1.54) is 0 Å². The van der Waals surface area contributed by atoms with Crippen molar-refractivity contribution < 1.29 is 31.3 Å². The standard InChI is InChI=1S/C9H12F2O5S/c10-9(11,17(13,14)15)8(12)16-7-4-5-1-2-6(7)3-5/h5-7H,1-4H2,(H,13,14,15)/p-1. The molecule has 2 saturated carbocycles. The Hall–Kier alpha value is -0.760. The fraction of sp³-hybridized carbons (Fsp3) is 0.889. The van der Waals surface area contributed by atoms with E-state index in [1.54, 1.807) is 0 Å². The van der Waals surface area contributed by atoms with Crippen molar-refractivity contribution in [1.82, 2.24) is 0 Å². The summed E-state index contributed by atoms with van der Waals surface area (Å²) in [5.74, 6) is -1.87. The molecule has 17 heavy (non-hydrogen) atoms. The average Bonchev–Trinajstić information content (AvgIpc) is 2.76. The lowest BCUT2D eigenvalue weighted by Crippen LogP contribution is -2.41. The monoisotopic (exact) mass is 269 g/mol. The van der Waals surface area contributed by atoms with Gasteiger partial charge in [0.25, 0.3) is 0 Å². The topological polar surface area (TPSA) is 83.5 Å². The maximum Gasteiger partial charge on any atom is 0.428 e. The molecule has 0 saturated heterocycles. The second-order valence-electron chi connectivity index (χ2n) is 4.59. The van der Waals surface area contributed by atoms with E-state index in [-0.39, 0.29) is 5.92 Å². The summed E-state index contributed by atoms with van der Waals surface area (Å²) in [5, 5.41) is -4.99. The van der Waals surface area contributed by atoms with Crippen LogP contribution in [0, 0.1) is 11.8 Å². The lowest BCUT2D eigenvalue weighted by atomic mass is 9.98. The van der Waals surface area contributed by atoms with Crippen molar-refractivity contribution in [3.05, 3.63) is 0 Å². The molecule has 0 radical (unpaired) electrons. The molecule has 5 nitrogen and oxygen atoms in total. The van der Waals surface area contributed by atoms with Gasteiger partial charge in [-0.05, 0) is 37.5 Å². The van der Waals surface area contributed by atoms with E-state index in [0.29, 0.717) is 12.3 Å². The van der Waals surface area contributed by atoms with Crippen molar-refractivity contribution in [2.24, 2.45) is 11.8 Å². The number of rotatable bonds is 3. The first-order valence-corrected chi connectivity index (χ1v) is 6.67. The number of alkyl halides is 2. The number of carbonyl (C=O) groups is 1. The van der Waals surface area contributed by atoms with E-state index in [0.717, 1.165) is 19.3 Å². The molecule has 3 atom stereocenters. The van der Waals surface area contributed by atoms with Crippen LogP contribution in [0.5, 0.6) is 0 Å². The molecule has 2 aliphatic rings. The van der Waals surface area contributed by atoms with Crippen molar-refractivity contribution in [2.75, 3.05) is 0 Å². The third-order valence-corrected chi connectivity index (χ3v) is 4.28. The third kappa shape index (κ3) is 2.15. The third-order valence-electron chi connectivity index (χ3n) is 3.48. The minimum absolute atomic E-state index is 0.0223. The van der Waals surface area contributed by atoms with Crippen LogP contribution in [0.2, 0.25) is 0 Å². The lowest BCUT2D eigenvalue weighted by molar-refractivity contribution is -0.169. The number of fused-ring (bicyclic) bond motifs is 2. The Kier molecular flexibility index (Phi) is 2.89. The number of hydrogen-bond acceptors (Lipinski definition) is 5. The van der Waals surface area contributed by atoms with Gasteiger partial charge in [0.05, 0.1) is 0 Å². The second kappa shape index (κ2) is 3.88. The van der Waals surface area contributed by atoms with Crippen molar-refractivity contribution in [2.45, 2.75) is 37.0 Å². The van der Waals surface area contributed by atoms with Gasteiger partial charge in [-0.15, -0.1) is 0 Å². The number of carbonyl (C=O) groups excluding carboxylic acids is 1. The van der Waals surface area contributed by atoms with Crippen LogP contribution >= 0.6 is 0 Å². The molecule has 0 N–H and O–H groups in total. The van der Waals surface area contributed by atoms with Gasteiger partial charge < -0.3 is 9.29 Å². The van der Waals surface area contributed by atoms with Gasteiger partial charge in [-0.3, -0.25) is 0 Å². The Morgan fingerprint density at radius 3 is 2.35 bits per heavy atom. The largest absolute Gasteiger partial charge is 0.743 e. The van der Waals surface area contributed by atoms with E-state index in [9.17, 15) is 26.5 Å². The number of hydrogen-bond donors (Lipinski definition) is 0. The highest BCUT2D eigenvalue weighted by Gasteiger charge is 2.51. The zero-order valence-electron chi connectivity index (χ0n) is 8.77. The summed E-state index contributed by atoms with van der Waals surface area (Å²) in [4.78, 5) is 11.0. The van der Waals surface area contributed by atoms with E-state index >= 15 is 0 Å². The summed E-state index contributed by atoms with van der Waals surface area (Å²) >= 11 is 0. The normalized spacial score (nSPS) is 32.8. The summed E-state index contributed by atoms with van der Waals surface area (Å²) in [6.45, 7) is 0. The summed E-state index contributed by atoms with van der Waals surface area (Å²) in [5.41, 5.74) is 0. The van der Waals surface area contributed by atoms with Crippen LogP contribution in [0.1, 0.15) is 25.7 Å². The molecule has 0 heterocycles. The molecule has 0 aromatic carbocycles. The van der Waals surface area contributed by atoms with Crippen molar-refractivity contribution in [3.63, 3.8) is 0 Å². The Morgan fingerprint density at radius 2 is 1.94 bits per heavy atom. The Morgan fingerprint density at radius 1 is 1.29 bits per heavy atom. The Balaban J connectivity index is 2.03. The molecular formula is C9H11F2O5S-. The predicted octanol–water partition coefficient (Wildman–Crippen LogP) is 0.856. The van der Waals surface area contributed by atoms with Gasteiger partial charge in [-0.2, -0.15) is 8.78 Å². The van der Waals surface area contributed by atoms with Gasteiger partial charge >= 0.3 is 11.2 Å². The molecule has 2 aliphatic carbocycles. The van der Waals surface area contributed by atoms with Crippen LogP contribution in [-0.2, 0) is 19.6 Å². The number of halogens is 2. The van der Waals surface area contributed by atoms with Crippen LogP contribution in [0.4, 0.5) is 8.78 Å². The van der Waals surface area contributed by atoms with Gasteiger partial charge in [0.2, 0.25) is 0 Å². The summed E-state index contributed by atoms with van der Waals surface area (Å²) < 4.78 is 60.8. The van der Waals surface area contributed by atoms with Crippen molar-refractivity contribution >= 4 is 16.1 Å². The molecule has 2 fully saturated rings. The smallest absolute Gasteiger partial charge is 0.428 e. The predicted molar refractivity (Wildman–Crippen MR) is 50.0 cm³/mol. The van der Waals surface area contributed by atoms with Crippen LogP contribution in [0.15, 0.2) is 0 Å². The van der Waals surface area contributed by atoms with E-state index < -0.39 is 27.4 Å². The fourth-order valence-corrected chi connectivity index (χ4v) is 2.89. The highest BCUT2D eigenvalue weighted by atomic mass is 32.2. The van der Waals surface area contributed by atoms with Crippen LogP contribution in [0.3, 0.4) is 0 Å². The summed E-state index contributed by atoms with van der Waals surface area (Å²) in [7, 11) is -6.01. The van der Waals surface area contributed by atoms with Gasteiger partial charge in [-0.25, -0.2) is 13.2 Å². The molecule has 0 aliphatic heterocycles. The first-order valence-electron chi connectivity index (χ1n) is 5.26. The second-order valence-corrected chi connectivity index (χ2v) is 6.01. The van der Waals surface area contributed by atoms with Crippen LogP contribution in [0.25, 0.3) is 0 Å². The van der Waals surface area contributed by atoms with Crippen LogP contribution < -0.4 is 0 Å². The minimum Gasteiger partial charge on any atom is -0.743 e. The van der Waals surface area contributed by atoms with E-state index in [4.69, 9.17) is 0 Å². The number of ether oxygens (including phenoxy) is 1.